The minimum absolute atomic E-state index is 0.0680. The molecule has 0 spiro atoms. The van der Waals surface area contributed by atoms with Gasteiger partial charge in [0.25, 0.3) is 16.0 Å². The van der Waals surface area contributed by atoms with E-state index in [4.69, 9.17) is 27.8 Å². The number of fused-ring (bicyclic) bond motifs is 1. The SMILES string of the molecule is CN(Cc1ccc(-c2nnc(-c3nc(N4C[C@@H]5CCC(OS(C)(=O)=O)[C@@H]5C4)cnc3N(C(=O)OC(C)(C)C)C(=O)OC(C)(C)C)o2)cc1)C(=O)OC(C)(C)C. The summed E-state index contributed by atoms with van der Waals surface area (Å²) in [5.41, 5.74) is -1.33. The molecule has 3 aromatic rings. The molecule has 17 nitrogen and oxygen atoms in total. The number of anilines is 2. The molecule has 1 aromatic carbocycles. The summed E-state index contributed by atoms with van der Waals surface area (Å²) in [6.07, 6.45) is 0.813. The Labute approximate surface area is 321 Å². The second-order valence-corrected chi connectivity index (χ2v) is 18.5. The Morgan fingerprint density at radius 2 is 1.40 bits per heavy atom. The lowest BCUT2D eigenvalue weighted by atomic mass is 10.00. The van der Waals surface area contributed by atoms with Gasteiger partial charge < -0.3 is 28.4 Å². The van der Waals surface area contributed by atoms with Crippen LogP contribution in [-0.4, -0.2) is 101 Å². The van der Waals surface area contributed by atoms with Gasteiger partial charge >= 0.3 is 18.3 Å². The van der Waals surface area contributed by atoms with E-state index in [9.17, 15) is 22.8 Å². The molecule has 2 aromatic heterocycles. The van der Waals surface area contributed by atoms with E-state index in [0.717, 1.165) is 18.2 Å². The van der Waals surface area contributed by atoms with Gasteiger partial charge in [-0.2, -0.15) is 13.3 Å². The van der Waals surface area contributed by atoms with Crippen molar-refractivity contribution >= 4 is 40.0 Å². The molecule has 0 N–H and O–H groups in total. The third kappa shape index (κ3) is 10.9. The van der Waals surface area contributed by atoms with E-state index in [1.165, 1.54) is 11.1 Å². The molecule has 2 aliphatic rings. The van der Waals surface area contributed by atoms with Crippen molar-refractivity contribution in [2.45, 2.75) is 105 Å². The number of carbonyl (C=O) groups excluding carboxylic acids is 3. The highest BCUT2D eigenvalue weighted by Crippen LogP contribution is 2.42. The van der Waals surface area contributed by atoms with Gasteiger partial charge in [-0.1, -0.05) is 12.1 Å². The molecule has 1 saturated carbocycles. The molecule has 1 aliphatic heterocycles. The molecule has 3 atom stereocenters. The Hall–Kier alpha value is -4.84. The maximum atomic E-state index is 13.7. The van der Waals surface area contributed by atoms with Crippen molar-refractivity contribution in [2.24, 2.45) is 11.8 Å². The zero-order chi connectivity index (χ0) is 40.7. The van der Waals surface area contributed by atoms with Crippen molar-refractivity contribution in [3.8, 4) is 23.0 Å². The summed E-state index contributed by atoms with van der Waals surface area (Å²) in [6, 6.07) is 7.13. The van der Waals surface area contributed by atoms with Gasteiger partial charge in [0.2, 0.25) is 5.89 Å². The van der Waals surface area contributed by atoms with E-state index in [2.05, 4.69) is 15.2 Å². The van der Waals surface area contributed by atoms with Crippen LogP contribution in [-0.2, 0) is 35.1 Å². The normalized spacial score (nSPS) is 18.8. The van der Waals surface area contributed by atoms with Crippen LogP contribution in [0.5, 0.6) is 0 Å². The number of hydrogen-bond donors (Lipinski definition) is 0. The minimum Gasteiger partial charge on any atom is -0.444 e. The van der Waals surface area contributed by atoms with Crippen LogP contribution < -0.4 is 9.80 Å². The number of benzene rings is 1. The maximum absolute atomic E-state index is 13.7. The molecule has 1 aliphatic carbocycles. The summed E-state index contributed by atoms with van der Waals surface area (Å²) in [4.78, 5) is 53.3. The Morgan fingerprint density at radius 1 is 0.836 bits per heavy atom. The lowest BCUT2D eigenvalue weighted by molar-refractivity contribution is 0.0283. The lowest BCUT2D eigenvalue weighted by Gasteiger charge is -2.28. The van der Waals surface area contributed by atoms with Crippen LogP contribution >= 0.6 is 0 Å². The number of carbonyl (C=O) groups is 3. The molecular formula is C37H51N7O10S. The van der Waals surface area contributed by atoms with Crippen LogP contribution in [0.1, 0.15) is 80.7 Å². The molecular weight excluding hydrogens is 735 g/mol. The number of hydrogen-bond acceptors (Lipinski definition) is 15. The number of rotatable bonds is 8. The fourth-order valence-electron chi connectivity index (χ4n) is 6.31. The number of amides is 3. The first-order chi connectivity index (χ1) is 25.4. The van der Waals surface area contributed by atoms with Crippen molar-refractivity contribution in [3.63, 3.8) is 0 Å². The highest BCUT2D eigenvalue weighted by molar-refractivity contribution is 7.86. The van der Waals surface area contributed by atoms with Crippen LogP contribution in [0.15, 0.2) is 34.9 Å². The second-order valence-electron chi connectivity index (χ2n) is 16.9. The molecule has 0 radical (unpaired) electrons. The van der Waals surface area contributed by atoms with E-state index in [0.29, 0.717) is 42.3 Å². The van der Waals surface area contributed by atoms with Crippen LogP contribution in [0, 0.1) is 11.8 Å². The van der Waals surface area contributed by atoms with Crippen molar-refractivity contribution in [1.29, 1.82) is 0 Å². The molecule has 5 rings (SSSR count). The molecule has 2 fully saturated rings. The Balaban J connectivity index is 1.51. The van der Waals surface area contributed by atoms with Gasteiger partial charge in [-0.05, 0) is 98.8 Å². The standard InChI is InChI=1S/C37H51N7O10S/c1-35(2,3)51-32(45)42(10)19-22-12-14-23(15-13-22)30-40-41-31(50-30)28-29(44(33(46)52-36(4,5)6)34(47)53-37(7,8)9)38-18-27(39-28)43-20-24-16-17-26(25(24)21-43)54-55(11,48)49/h12-15,18,24-26H,16-17,19-21H2,1-11H3/t24-,25+,26?/m0/s1. The number of aromatic nitrogens is 4. The van der Waals surface area contributed by atoms with E-state index in [1.807, 2.05) is 17.0 Å². The van der Waals surface area contributed by atoms with Gasteiger partial charge in [-0.3, -0.25) is 4.18 Å². The molecule has 55 heavy (non-hydrogen) atoms. The Kier molecular flexibility index (Phi) is 11.5. The number of nitrogens with zero attached hydrogens (tertiary/aromatic N) is 7. The third-order valence-electron chi connectivity index (χ3n) is 8.47. The zero-order valence-corrected chi connectivity index (χ0v) is 34.1. The maximum Gasteiger partial charge on any atom is 0.425 e. The van der Waals surface area contributed by atoms with Gasteiger partial charge in [0.1, 0.15) is 22.6 Å². The first-order valence-corrected chi connectivity index (χ1v) is 19.8. The summed E-state index contributed by atoms with van der Waals surface area (Å²) in [7, 11) is -2.01. The molecule has 18 heteroatoms. The predicted octanol–water partition coefficient (Wildman–Crippen LogP) is 6.43. The zero-order valence-electron chi connectivity index (χ0n) is 33.3. The van der Waals surface area contributed by atoms with E-state index < -0.39 is 51.3 Å². The van der Waals surface area contributed by atoms with Gasteiger partial charge in [-0.25, -0.2) is 24.4 Å². The summed E-state index contributed by atoms with van der Waals surface area (Å²) in [5.74, 6) is 0.152. The molecule has 300 valence electrons. The molecule has 1 saturated heterocycles. The van der Waals surface area contributed by atoms with E-state index in [-0.39, 0.29) is 35.1 Å². The summed E-state index contributed by atoms with van der Waals surface area (Å²) < 4.78 is 52.1. The van der Waals surface area contributed by atoms with Gasteiger partial charge in [-0.15, -0.1) is 10.2 Å². The van der Waals surface area contributed by atoms with Crippen LogP contribution in [0.25, 0.3) is 23.0 Å². The smallest absolute Gasteiger partial charge is 0.425 e. The van der Waals surface area contributed by atoms with Crippen molar-refractivity contribution in [1.82, 2.24) is 25.1 Å². The average molecular weight is 786 g/mol. The van der Waals surface area contributed by atoms with Gasteiger partial charge in [0, 0.05) is 38.2 Å². The van der Waals surface area contributed by atoms with Crippen molar-refractivity contribution < 1.29 is 45.6 Å². The highest BCUT2D eigenvalue weighted by atomic mass is 32.2. The summed E-state index contributed by atoms with van der Waals surface area (Å²) in [5, 5.41) is 8.50. The predicted molar refractivity (Wildman–Crippen MR) is 202 cm³/mol. The molecule has 3 heterocycles. The van der Waals surface area contributed by atoms with Gasteiger partial charge in [0.05, 0.1) is 18.6 Å². The van der Waals surface area contributed by atoms with Crippen LogP contribution in [0.2, 0.25) is 0 Å². The summed E-state index contributed by atoms with van der Waals surface area (Å²) in [6.45, 7) is 16.6. The highest BCUT2D eigenvalue weighted by Gasteiger charge is 2.45. The Bertz CT molecular complexity index is 1970. The van der Waals surface area contributed by atoms with Gasteiger partial charge in [0.15, 0.2) is 11.5 Å². The molecule has 0 bridgehead atoms. The second kappa shape index (κ2) is 15.4. The van der Waals surface area contributed by atoms with Crippen molar-refractivity contribution in [3.05, 3.63) is 36.0 Å². The summed E-state index contributed by atoms with van der Waals surface area (Å²) >= 11 is 0. The fourth-order valence-corrected chi connectivity index (χ4v) is 7.00. The monoisotopic (exact) mass is 785 g/mol. The quantitative estimate of drug-likeness (QED) is 0.179. The first-order valence-electron chi connectivity index (χ1n) is 18.0. The van der Waals surface area contributed by atoms with Crippen LogP contribution in [0.3, 0.4) is 0 Å². The lowest BCUT2D eigenvalue weighted by Crippen LogP contribution is -2.44. The van der Waals surface area contributed by atoms with Crippen LogP contribution in [0.4, 0.5) is 26.0 Å². The first kappa shape index (κ1) is 41.3. The molecule has 3 amide bonds. The van der Waals surface area contributed by atoms with E-state index in [1.54, 1.807) is 81.5 Å². The average Bonchev–Trinajstić information content (AvgIpc) is 3.76. The number of ether oxygens (including phenoxy) is 3. The molecule has 1 unspecified atom stereocenters. The minimum atomic E-state index is -3.65. The van der Waals surface area contributed by atoms with Crippen molar-refractivity contribution in [2.75, 3.05) is 36.2 Å². The number of imide groups is 1. The third-order valence-corrected chi connectivity index (χ3v) is 9.07. The van der Waals surface area contributed by atoms with E-state index >= 15 is 0 Å². The largest absolute Gasteiger partial charge is 0.444 e. The fraction of sp³-hybridized carbons (Fsp3) is 0.595. The topological polar surface area (TPSA) is 197 Å². The Morgan fingerprint density at radius 3 is 1.96 bits per heavy atom.